The Balaban J connectivity index is 0.000000771. The van der Waals surface area contributed by atoms with Gasteiger partial charge in [0.15, 0.2) is 0 Å². The van der Waals surface area contributed by atoms with Gasteiger partial charge in [-0.3, -0.25) is 19.3 Å². The molecule has 0 spiro atoms. The largest absolute Gasteiger partial charge is 0.490 e. The summed E-state index contributed by atoms with van der Waals surface area (Å²) >= 11 is 0. The molecular formula is C31H37F3N6O7. The van der Waals surface area contributed by atoms with Crippen molar-refractivity contribution in [1.29, 1.82) is 0 Å². The number of amides is 3. The second-order valence-corrected chi connectivity index (χ2v) is 11.1. The lowest BCUT2D eigenvalue weighted by Gasteiger charge is -2.33. The number of carbonyl (C=O) groups excluding carboxylic acids is 3. The Hall–Kier alpha value is -4.99. The SMILES string of the molecule is CN(C(=O)CN(Cc1cccc2ccccc12)CC1CCCN1C(=O)Cc1c[nH]cn1)[C@@H](CCC(N)=O)C(=O)O.O=C(O)C(F)(F)F. The Morgan fingerprint density at radius 2 is 1.79 bits per heavy atom. The van der Waals surface area contributed by atoms with Crippen LogP contribution in [0.1, 0.15) is 36.9 Å². The van der Waals surface area contributed by atoms with Gasteiger partial charge in [-0.1, -0.05) is 42.5 Å². The number of alkyl halides is 3. The number of H-pyrrole nitrogens is 1. The van der Waals surface area contributed by atoms with Gasteiger partial charge in [-0.05, 0) is 35.6 Å². The highest BCUT2D eigenvalue weighted by Gasteiger charge is 2.38. The molecule has 4 rings (SSSR count). The number of carboxylic acids is 2. The number of imidazole rings is 1. The third-order valence-corrected chi connectivity index (χ3v) is 7.74. The zero-order valence-electron chi connectivity index (χ0n) is 25.7. The summed E-state index contributed by atoms with van der Waals surface area (Å²) in [5.41, 5.74) is 6.93. The number of fused-ring (bicyclic) bond motifs is 1. The van der Waals surface area contributed by atoms with Gasteiger partial charge in [0, 0.05) is 45.3 Å². The molecule has 2 atom stereocenters. The van der Waals surface area contributed by atoms with Gasteiger partial charge in [0.2, 0.25) is 17.7 Å². The van der Waals surface area contributed by atoms with Crippen molar-refractivity contribution in [1.82, 2.24) is 24.7 Å². The molecule has 5 N–H and O–H groups in total. The molecule has 0 radical (unpaired) electrons. The minimum absolute atomic E-state index is 0.0134. The van der Waals surface area contributed by atoms with E-state index < -0.39 is 30.1 Å². The van der Waals surface area contributed by atoms with Crippen molar-refractivity contribution in [2.75, 3.05) is 26.7 Å². The molecule has 2 heterocycles. The molecule has 1 aliphatic rings. The van der Waals surface area contributed by atoms with Gasteiger partial charge in [-0.2, -0.15) is 13.2 Å². The fraction of sp³-hybridized carbons (Fsp3) is 0.419. The van der Waals surface area contributed by atoms with Crippen LogP contribution in [0.2, 0.25) is 0 Å². The molecule has 13 nitrogen and oxygen atoms in total. The van der Waals surface area contributed by atoms with Crippen molar-refractivity contribution >= 4 is 40.4 Å². The predicted octanol–water partition coefficient (Wildman–Crippen LogP) is 2.41. The van der Waals surface area contributed by atoms with E-state index in [1.807, 2.05) is 52.3 Å². The third-order valence-electron chi connectivity index (χ3n) is 7.74. The molecular weight excluding hydrogens is 625 g/mol. The fourth-order valence-corrected chi connectivity index (χ4v) is 5.39. The van der Waals surface area contributed by atoms with Gasteiger partial charge in [0.25, 0.3) is 0 Å². The number of likely N-dealkylation sites (N-methyl/N-ethyl adjacent to an activating group) is 1. The molecule has 1 aromatic heterocycles. The van der Waals surface area contributed by atoms with Crippen molar-refractivity contribution in [3.63, 3.8) is 0 Å². The first-order valence-corrected chi connectivity index (χ1v) is 14.7. The minimum atomic E-state index is -5.08. The van der Waals surface area contributed by atoms with E-state index in [2.05, 4.69) is 9.97 Å². The zero-order valence-corrected chi connectivity index (χ0v) is 25.7. The number of aliphatic carboxylic acids is 2. The Kier molecular flexibility index (Phi) is 12.8. The van der Waals surface area contributed by atoms with E-state index in [4.69, 9.17) is 15.6 Å². The summed E-state index contributed by atoms with van der Waals surface area (Å²) in [6.07, 6.45) is -0.157. The second kappa shape index (κ2) is 16.5. The zero-order chi connectivity index (χ0) is 34.7. The van der Waals surface area contributed by atoms with E-state index in [1.165, 1.54) is 11.9 Å². The molecule has 2 aromatic carbocycles. The molecule has 1 saturated heterocycles. The van der Waals surface area contributed by atoms with E-state index in [9.17, 15) is 37.5 Å². The lowest BCUT2D eigenvalue weighted by atomic mass is 10.0. The van der Waals surface area contributed by atoms with Crippen molar-refractivity contribution < 1.29 is 47.4 Å². The normalized spacial score (nSPS) is 15.2. The number of hydrogen-bond donors (Lipinski definition) is 4. The number of aromatic nitrogens is 2. The molecule has 254 valence electrons. The van der Waals surface area contributed by atoms with E-state index in [0.717, 1.165) is 29.2 Å². The van der Waals surface area contributed by atoms with Crippen LogP contribution in [0.15, 0.2) is 55.0 Å². The Labute approximate surface area is 268 Å². The molecule has 16 heteroatoms. The topological polar surface area (TPSA) is 190 Å². The van der Waals surface area contributed by atoms with Gasteiger partial charge in [0.1, 0.15) is 6.04 Å². The smallest absolute Gasteiger partial charge is 0.480 e. The maximum absolute atomic E-state index is 13.4. The summed E-state index contributed by atoms with van der Waals surface area (Å²) in [5, 5.41) is 19.0. The Morgan fingerprint density at radius 1 is 1.11 bits per heavy atom. The van der Waals surface area contributed by atoms with Crippen LogP contribution in [0.25, 0.3) is 10.8 Å². The molecule has 0 saturated carbocycles. The standard InChI is InChI=1S/C29H36N6O5.C2HF3O2/c1-33(25(29(39)40)11-12-26(30)36)28(38)18-34(16-21-8-4-7-20-6-2-3-10-24(20)21)17-23-9-5-13-35(23)27(37)14-22-15-31-19-32-22;3-2(4,5)1(6)7/h2-4,6-8,10,15,19,23,25H,5,9,11-14,16-18H2,1H3,(H2,30,36)(H,31,32)(H,39,40);(H,6,7)/t23?,25-;/m0./s1. The molecule has 3 aromatic rings. The van der Waals surface area contributed by atoms with Gasteiger partial charge in [-0.15, -0.1) is 0 Å². The van der Waals surface area contributed by atoms with Crippen molar-refractivity contribution in [3.8, 4) is 0 Å². The molecule has 47 heavy (non-hydrogen) atoms. The molecule has 3 amide bonds. The number of rotatable bonds is 13. The van der Waals surface area contributed by atoms with E-state index in [-0.39, 0.29) is 43.7 Å². The molecule has 1 unspecified atom stereocenters. The maximum atomic E-state index is 13.4. The van der Waals surface area contributed by atoms with E-state index >= 15 is 0 Å². The Morgan fingerprint density at radius 3 is 2.40 bits per heavy atom. The number of halogens is 3. The first-order valence-electron chi connectivity index (χ1n) is 14.7. The predicted molar refractivity (Wildman–Crippen MR) is 163 cm³/mol. The lowest BCUT2D eigenvalue weighted by molar-refractivity contribution is -0.192. The summed E-state index contributed by atoms with van der Waals surface area (Å²) in [4.78, 5) is 70.7. The monoisotopic (exact) mass is 662 g/mol. The second-order valence-electron chi connectivity index (χ2n) is 11.1. The van der Waals surface area contributed by atoms with Crippen LogP contribution in [0.4, 0.5) is 13.2 Å². The van der Waals surface area contributed by atoms with Crippen LogP contribution in [0, 0.1) is 0 Å². The van der Waals surface area contributed by atoms with Crippen molar-refractivity contribution in [3.05, 3.63) is 66.2 Å². The van der Waals surface area contributed by atoms with Gasteiger partial charge in [-0.25, -0.2) is 14.6 Å². The number of benzene rings is 2. The summed E-state index contributed by atoms with van der Waals surface area (Å²) in [5.74, 6) is -4.97. The summed E-state index contributed by atoms with van der Waals surface area (Å²) in [6.45, 7) is 1.49. The molecule has 0 aliphatic carbocycles. The highest BCUT2D eigenvalue weighted by Crippen LogP contribution is 2.24. The number of aromatic amines is 1. The number of hydrogen-bond acceptors (Lipinski definition) is 7. The van der Waals surface area contributed by atoms with Crippen LogP contribution in [-0.2, 0) is 36.9 Å². The first kappa shape index (κ1) is 36.5. The van der Waals surface area contributed by atoms with Crippen LogP contribution in [0.3, 0.4) is 0 Å². The van der Waals surface area contributed by atoms with Crippen molar-refractivity contribution in [2.45, 2.75) is 56.9 Å². The quantitative estimate of drug-likeness (QED) is 0.213. The number of primary amides is 1. The summed E-state index contributed by atoms with van der Waals surface area (Å²) in [7, 11) is 1.44. The number of likely N-dealkylation sites (tertiary alicyclic amines) is 1. The minimum Gasteiger partial charge on any atom is -0.480 e. The number of nitrogens with zero attached hydrogens (tertiary/aromatic N) is 4. The number of nitrogens with one attached hydrogen (secondary N) is 1. The van der Waals surface area contributed by atoms with Gasteiger partial charge in [0.05, 0.1) is 25.0 Å². The van der Waals surface area contributed by atoms with Crippen LogP contribution in [-0.4, -0.2) is 109 Å². The van der Waals surface area contributed by atoms with Gasteiger partial charge >= 0.3 is 18.1 Å². The number of nitrogens with two attached hydrogens (primary N) is 1. The lowest BCUT2D eigenvalue weighted by Crippen LogP contribution is -2.49. The fourth-order valence-electron chi connectivity index (χ4n) is 5.39. The van der Waals surface area contributed by atoms with Crippen LogP contribution >= 0.6 is 0 Å². The average Bonchev–Trinajstić information content (AvgIpc) is 3.69. The van der Waals surface area contributed by atoms with E-state index in [0.29, 0.717) is 25.3 Å². The van der Waals surface area contributed by atoms with Crippen LogP contribution < -0.4 is 5.73 Å². The highest BCUT2D eigenvalue weighted by molar-refractivity contribution is 5.87. The highest BCUT2D eigenvalue weighted by atomic mass is 19.4. The average molecular weight is 663 g/mol. The Bertz CT molecular complexity index is 1540. The summed E-state index contributed by atoms with van der Waals surface area (Å²) in [6, 6.07) is 12.8. The maximum Gasteiger partial charge on any atom is 0.490 e. The van der Waals surface area contributed by atoms with Crippen molar-refractivity contribution in [2.24, 2.45) is 5.73 Å². The number of carboxylic acid groups (broad SMARTS) is 2. The molecule has 0 bridgehead atoms. The van der Waals surface area contributed by atoms with Gasteiger partial charge < -0.3 is 30.7 Å². The number of carbonyl (C=O) groups is 5. The molecule has 1 fully saturated rings. The van der Waals surface area contributed by atoms with E-state index in [1.54, 1.807) is 12.5 Å². The van der Waals surface area contributed by atoms with Crippen LogP contribution in [0.5, 0.6) is 0 Å². The molecule has 1 aliphatic heterocycles. The summed E-state index contributed by atoms with van der Waals surface area (Å²) < 4.78 is 31.7. The third kappa shape index (κ3) is 10.8. The first-order chi connectivity index (χ1) is 22.2.